The molecule has 0 spiro atoms. The third kappa shape index (κ3) is 4.25. The molecule has 21 heavy (non-hydrogen) atoms. The monoisotopic (exact) mass is 330 g/mol. The van der Waals surface area contributed by atoms with Crippen LogP contribution in [0.5, 0.6) is 0 Å². The Labute approximate surface area is 132 Å². The number of rotatable bonds is 5. The Bertz CT molecular complexity index is 574. The summed E-state index contributed by atoms with van der Waals surface area (Å²) in [4.78, 5) is 24.5. The van der Waals surface area contributed by atoms with Gasteiger partial charge in [-0.1, -0.05) is 23.2 Å². The van der Waals surface area contributed by atoms with Gasteiger partial charge in [0.1, 0.15) is 0 Å². The van der Waals surface area contributed by atoms with Gasteiger partial charge in [0.25, 0.3) is 0 Å². The van der Waals surface area contributed by atoms with Gasteiger partial charge in [-0.15, -0.1) is 0 Å². The van der Waals surface area contributed by atoms with Crippen molar-refractivity contribution in [1.29, 1.82) is 0 Å². The molecule has 7 heteroatoms. The highest BCUT2D eigenvalue weighted by Crippen LogP contribution is 2.31. The van der Waals surface area contributed by atoms with E-state index in [2.05, 4.69) is 5.32 Å². The Morgan fingerprint density at radius 2 is 2.00 bits per heavy atom. The summed E-state index contributed by atoms with van der Waals surface area (Å²) in [5.74, 6) is -0.926. The SMILES string of the molecule is Cc1cc(Cl)c(NC(=O)N(CCC(=O)O)C2CC2)cc1Cl. The third-order valence-electron chi connectivity index (χ3n) is 3.30. The molecule has 0 saturated heterocycles. The van der Waals surface area contributed by atoms with E-state index < -0.39 is 5.97 Å². The number of hydrogen-bond acceptors (Lipinski definition) is 2. The molecule has 114 valence electrons. The Balaban J connectivity index is 2.08. The van der Waals surface area contributed by atoms with Gasteiger partial charge in [0.15, 0.2) is 0 Å². The van der Waals surface area contributed by atoms with Crippen LogP contribution in [0.25, 0.3) is 0 Å². The fourth-order valence-corrected chi connectivity index (χ4v) is 2.41. The maximum atomic E-state index is 12.3. The van der Waals surface area contributed by atoms with Crippen LogP contribution in [0.15, 0.2) is 12.1 Å². The first-order valence-corrected chi connectivity index (χ1v) is 7.39. The summed E-state index contributed by atoms with van der Waals surface area (Å²) in [6.07, 6.45) is 1.72. The minimum Gasteiger partial charge on any atom is -0.481 e. The molecule has 0 atom stereocenters. The molecule has 0 radical (unpaired) electrons. The lowest BCUT2D eigenvalue weighted by atomic mass is 10.2. The molecular formula is C14H16Cl2N2O3. The van der Waals surface area contributed by atoms with Crippen molar-refractivity contribution in [2.24, 2.45) is 0 Å². The minimum atomic E-state index is -0.926. The Hall–Kier alpha value is -1.46. The van der Waals surface area contributed by atoms with Crippen LogP contribution >= 0.6 is 23.2 Å². The number of nitrogens with one attached hydrogen (secondary N) is 1. The van der Waals surface area contributed by atoms with Crippen LogP contribution in [0.3, 0.4) is 0 Å². The molecule has 2 amide bonds. The largest absolute Gasteiger partial charge is 0.481 e. The number of nitrogens with zero attached hydrogens (tertiary/aromatic N) is 1. The van der Waals surface area contributed by atoms with Crippen molar-refractivity contribution >= 4 is 40.9 Å². The van der Waals surface area contributed by atoms with Gasteiger partial charge in [-0.3, -0.25) is 4.79 Å². The van der Waals surface area contributed by atoms with Crippen LogP contribution in [-0.2, 0) is 4.79 Å². The van der Waals surface area contributed by atoms with Crippen molar-refractivity contribution in [2.45, 2.75) is 32.2 Å². The number of benzene rings is 1. The molecule has 0 unspecified atom stereocenters. The molecule has 1 saturated carbocycles. The van der Waals surface area contributed by atoms with E-state index in [1.54, 1.807) is 12.1 Å². The number of urea groups is 1. The first-order chi connectivity index (χ1) is 9.88. The van der Waals surface area contributed by atoms with E-state index in [1.807, 2.05) is 6.92 Å². The predicted molar refractivity (Wildman–Crippen MR) is 82.2 cm³/mol. The molecule has 1 fully saturated rings. The highest BCUT2D eigenvalue weighted by Gasteiger charge is 2.33. The lowest BCUT2D eigenvalue weighted by Crippen LogP contribution is -2.38. The van der Waals surface area contributed by atoms with Crippen LogP contribution in [0.1, 0.15) is 24.8 Å². The van der Waals surface area contributed by atoms with E-state index in [4.69, 9.17) is 28.3 Å². The summed E-state index contributed by atoms with van der Waals surface area (Å²) in [5.41, 5.74) is 1.25. The van der Waals surface area contributed by atoms with Crippen molar-refractivity contribution in [3.8, 4) is 0 Å². The molecule has 0 heterocycles. The van der Waals surface area contributed by atoms with Crippen LogP contribution < -0.4 is 5.32 Å². The Morgan fingerprint density at radius 3 is 2.57 bits per heavy atom. The second-order valence-electron chi connectivity index (χ2n) is 5.08. The highest BCUT2D eigenvalue weighted by molar-refractivity contribution is 6.36. The number of hydrogen-bond donors (Lipinski definition) is 2. The fraction of sp³-hybridized carbons (Fsp3) is 0.429. The third-order valence-corrected chi connectivity index (χ3v) is 4.02. The number of carbonyl (C=O) groups excluding carboxylic acids is 1. The number of aliphatic carboxylic acids is 1. The molecular weight excluding hydrogens is 315 g/mol. The molecule has 5 nitrogen and oxygen atoms in total. The summed E-state index contributed by atoms with van der Waals surface area (Å²) < 4.78 is 0. The zero-order valence-electron chi connectivity index (χ0n) is 11.5. The van der Waals surface area contributed by atoms with E-state index in [0.717, 1.165) is 18.4 Å². The van der Waals surface area contributed by atoms with Gasteiger partial charge in [0, 0.05) is 17.6 Å². The highest BCUT2D eigenvalue weighted by atomic mass is 35.5. The zero-order chi connectivity index (χ0) is 15.6. The predicted octanol–water partition coefficient (Wildman–Crippen LogP) is 3.77. The molecule has 2 rings (SSSR count). The van der Waals surface area contributed by atoms with Gasteiger partial charge in [0.2, 0.25) is 0 Å². The minimum absolute atomic E-state index is 0.0771. The molecule has 1 aliphatic rings. The van der Waals surface area contributed by atoms with Crippen molar-refractivity contribution in [3.05, 3.63) is 27.7 Å². The normalized spacial score (nSPS) is 13.9. The average Bonchev–Trinajstić information content (AvgIpc) is 3.20. The lowest BCUT2D eigenvalue weighted by Gasteiger charge is -2.22. The standard InChI is InChI=1S/C14H16Cl2N2O3/c1-8-6-11(16)12(7-10(8)15)17-14(21)18(9-2-3-9)5-4-13(19)20/h6-7,9H,2-5H2,1H3,(H,17,21)(H,19,20). The smallest absolute Gasteiger partial charge is 0.322 e. The van der Waals surface area contributed by atoms with Crippen LogP contribution in [0.2, 0.25) is 10.0 Å². The van der Waals surface area contributed by atoms with Crippen molar-refractivity contribution in [3.63, 3.8) is 0 Å². The number of aryl methyl sites for hydroxylation is 1. The molecule has 2 N–H and O–H groups in total. The van der Waals surface area contributed by atoms with Crippen LogP contribution in [0, 0.1) is 6.92 Å². The molecule has 0 aromatic heterocycles. The number of anilines is 1. The van der Waals surface area contributed by atoms with Gasteiger partial charge in [-0.2, -0.15) is 0 Å². The molecule has 0 aliphatic heterocycles. The van der Waals surface area contributed by atoms with Gasteiger partial charge < -0.3 is 15.3 Å². The summed E-state index contributed by atoms with van der Waals surface area (Å²) in [6, 6.07) is 3.04. The van der Waals surface area contributed by atoms with Crippen LogP contribution in [-0.4, -0.2) is 34.6 Å². The molecule has 1 aliphatic carbocycles. The molecule has 0 bridgehead atoms. The van der Waals surface area contributed by atoms with E-state index in [-0.39, 0.29) is 25.0 Å². The topological polar surface area (TPSA) is 69.6 Å². The fourth-order valence-electron chi connectivity index (χ4n) is 1.98. The maximum Gasteiger partial charge on any atom is 0.322 e. The number of carbonyl (C=O) groups is 2. The first kappa shape index (κ1) is 15.9. The van der Waals surface area contributed by atoms with E-state index in [9.17, 15) is 9.59 Å². The van der Waals surface area contributed by atoms with Gasteiger partial charge in [-0.05, 0) is 37.5 Å². The van der Waals surface area contributed by atoms with E-state index in [0.29, 0.717) is 15.7 Å². The van der Waals surface area contributed by atoms with Crippen molar-refractivity contribution in [1.82, 2.24) is 4.90 Å². The second-order valence-corrected chi connectivity index (χ2v) is 5.89. The van der Waals surface area contributed by atoms with Crippen molar-refractivity contribution < 1.29 is 14.7 Å². The maximum absolute atomic E-state index is 12.3. The summed E-state index contributed by atoms with van der Waals surface area (Å²) >= 11 is 12.1. The van der Waals surface area contributed by atoms with Crippen molar-refractivity contribution in [2.75, 3.05) is 11.9 Å². The Morgan fingerprint density at radius 1 is 1.33 bits per heavy atom. The van der Waals surface area contributed by atoms with Gasteiger partial charge >= 0.3 is 12.0 Å². The molecule has 1 aromatic rings. The summed E-state index contributed by atoms with van der Waals surface area (Å²) in [6.45, 7) is 2.01. The van der Waals surface area contributed by atoms with E-state index >= 15 is 0 Å². The van der Waals surface area contributed by atoms with Gasteiger partial charge in [0.05, 0.1) is 17.1 Å². The number of amides is 2. The van der Waals surface area contributed by atoms with E-state index in [1.165, 1.54) is 4.90 Å². The quantitative estimate of drug-likeness (QED) is 0.863. The number of halogens is 2. The van der Waals surface area contributed by atoms with Gasteiger partial charge in [-0.25, -0.2) is 4.79 Å². The lowest BCUT2D eigenvalue weighted by molar-refractivity contribution is -0.137. The first-order valence-electron chi connectivity index (χ1n) is 6.63. The Kier molecular flexibility index (Phi) is 4.96. The number of carboxylic acids is 1. The van der Waals surface area contributed by atoms with Crippen LogP contribution in [0.4, 0.5) is 10.5 Å². The number of carboxylic acid groups (broad SMARTS) is 1. The molecule has 1 aromatic carbocycles. The average molecular weight is 331 g/mol. The zero-order valence-corrected chi connectivity index (χ0v) is 13.0. The summed E-state index contributed by atoms with van der Waals surface area (Å²) in [5, 5.41) is 12.4. The second kappa shape index (κ2) is 6.54. The summed E-state index contributed by atoms with van der Waals surface area (Å²) in [7, 11) is 0.